The van der Waals surface area contributed by atoms with E-state index in [9.17, 15) is 24.3 Å². The zero-order chi connectivity index (χ0) is 36.6. The number of rotatable bonds is 21. The average Bonchev–Trinajstić information content (AvgIpc) is 3.11. The van der Waals surface area contributed by atoms with Crippen molar-refractivity contribution in [3.8, 4) is 5.75 Å². The van der Waals surface area contributed by atoms with Crippen molar-refractivity contribution in [1.29, 1.82) is 0 Å². The molecule has 50 heavy (non-hydrogen) atoms. The van der Waals surface area contributed by atoms with Crippen LogP contribution >= 0.6 is 0 Å². The van der Waals surface area contributed by atoms with Gasteiger partial charge in [0.25, 0.3) is 0 Å². The van der Waals surface area contributed by atoms with Gasteiger partial charge >= 0.3 is 23.9 Å². The van der Waals surface area contributed by atoms with Crippen LogP contribution in [-0.4, -0.2) is 194 Å². The molecule has 1 fully saturated rings. The molecule has 0 spiro atoms. The van der Waals surface area contributed by atoms with Crippen LogP contribution in [0.5, 0.6) is 5.75 Å². The van der Waals surface area contributed by atoms with Gasteiger partial charge in [0, 0.05) is 59.0 Å². The Morgan fingerprint density at radius 2 is 1.02 bits per heavy atom. The Kier molecular flexibility index (Phi) is 21.9. The third-order valence-electron chi connectivity index (χ3n) is 8.14. The van der Waals surface area contributed by atoms with Crippen molar-refractivity contribution in [2.75, 3.05) is 140 Å². The number of carbonyl (C=O) groups excluding carboxylic acids is 3. The van der Waals surface area contributed by atoms with Crippen LogP contribution < -0.4 is 4.74 Å². The van der Waals surface area contributed by atoms with Crippen LogP contribution in [0.25, 0.3) is 0 Å². The van der Waals surface area contributed by atoms with E-state index in [2.05, 4.69) is 0 Å². The van der Waals surface area contributed by atoms with Crippen molar-refractivity contribution in [1.82, 2.24) is 19.6 Å². The second kappa shape index (κ2) is 25.6. The normalized spacial score (nSPS) is 16.5. The van der Waals surface area contributed by atoms with Crippen LogP contribution in [0.15, 0.2) is 24.3 Å². The molecular weight excluding hydrogens is 656 g/mol. The fourth-order valence-corrected chi connectivity index (χ4v) is 5.20. The molecule has 0 aliphatic carbocycles. The SMILES string of the molecule is CCOCCOCCOCCOc1ccc(C[C@H](C(=O)O)N2CCN(CC(=O)OC)CCN(CC(=O)OC)CCN(CC(=O)OC)CC2)cc1. The van der Waals surface area contributed by atoms with Crippen molar-refractivity contribution in [2.24, 2.45) is 0 Å². The van der Waals surface area contributed by atoms with Crippen LogP contribution in [0.1, 0.15) is 12.5 Å². The van der Waals surface area contributed by atoms with Crippen LogP contribution in [0.3, 0.4) is 0 Å². The van der Waals surface area contributed by atoms with Crippen molar-refractivity contribution in [3.63, 3.8) is 0 Å². The number of esters is 3. The largest absolute Gasteiger partial charge is 0.491 e. The Hall–Kier alpha value is -3.38. The Balaban J connectivity index is 2.09. The zero-order valence-corrected chi connectivity index (χ0v) is 30.0. The average molecular weight is 713 g/mol. The van der Waals surface area contributed by atoms with Crippen molar-refractivity contribution in [3.05, 3.63) is 29.8 Å². The van der Waals surface area contributed by atoms with Gasteiger partial charge in [0.05, 0.1) is 74.0 Å². The molecule has 16 nitrogen and oxygen atoms in total. The van der Waals surface area contributed by atoms with Gasteiger partial charge in [-0.05, 0) is 31.0 Å². The van der Waals surface area contributed by atoms with Crippen molar-refractivity contribution in [2.45, 2.75) is 19.4 Å². The highest BCUT2D eigenvalue weighted by Gasteiger charge is 2.28. The predicted octanol–water partition coefficient (Wildman–Crippen LogP) is -0.129. The highest BCUT2D eigenvalue weighted by Crippen LogP contribution is 2.16. The van der Waals surface area contributed by atoms with E-state index in [4.69, 9.17) is 33.2 Å². The number of ether oxygens (including phenoxy) is 7. The van der Waals surface area contributed by atoms with Crippen LogP contribution in [0, 0.1) is 0 Å². The summed E-state index contributed by atoms with van der Waals surface area (Å²) in [5.74, 6) is -1.58. The van der Waals surface area contributed by atoms with Gasteiger partial charge in [-0.2, -0.15) is 0 Å². The summed E-state index contributed by atoms with van der Waals surface area (Å²) in [5.41, 5.74) is 0.813. The molecule has 1 N–H and O–H groups in total. The first-order chi connectivity index (χ1) is 24.2. The summed E-state index contributed by atoms with van der Waals surface area (Å²) in [6, 6.07) is 6.41. The number of carbonyl (C=O) groups is 4. The number of hydrogen-bond donors (Lipinski definition) is 1. The van der Waals surface area contributed by atoms with Crippen LogP contribution in [0.4, 0.5) is 0 Å². The Morgan fingerprint density at radius 1 is 0.620 bits per heavy atom. The van der Waals surface area contributed by atoms with E-state index >= 15 is 0 Å². The molecule has 0 unspecified atom stereocenters. The topological polar surface area (TPSA) is 166 Å². The molecule has 0 aromatic heterocycles. The first-order valence-electron chi connectivity index (χ1n) is 17.0. The van der Waals surface area contributed by atoms with E-state index in [1.54, 1.807) is 12.1 Å². The number of benzene rings is 1. The molecule has 284 valence electrons. The Bertz CT molecular complexity index is 1090. The van der Waals surface area contributed by atoms with Gasteiger partial charge in [0.15, 0.2) is 0 Å². The van der Waals surface area contributed by atoms with E-state index in [-0.39, 0.29) is 26.1 Å². The summed E-state index contributed by atoms with van der Waals surface area (Å²) < 4.78 is 36.6. The molecule has 1 aromatic carbocycles. The molecule has 1 atom stereocenters. The lowest BCUT2D eigenvalue weighted by atomic mass is 10.0. The second-order valence-corrected chi connectivity index (χ2v) is 11.6. The van der Waals surface area contributed by atoms with Crippen LogP contribution in [0.2, 0.25) is 0 Å². The molecule has 1 aliphatic rings. The lowest BCUT2D eigenvalue weighted by molar-refractivity contribution is -0.145. The number of carboxylic acid groups (broad SMARTS) is 1. The summed E-state index contributed by atoms with van der Waals surface area (Å²) in [6.45, 7) is 8.55. The van der Waals surface area contributed by atoms with Crippen LogP contribution in [-0.2, 0) is 54.0 Å². The van der Waals surface area contributed by atoms with Gasteiger partial charge in [-0.25, -0.2) is 0 Å². The number of nitrogens with zero attached hydrogens (tertiary/aromatic N) is 4. The van der Waals surface area contributed by atoms with Crippen molar-refractivity contribution >= 4 is 23.9 Å². The molecule has 1 heterocycles. The maximum absolute atomic E-state index is 12.7. The minimum absolute atomic E-state index is 0.0113. The summed E-state index contributed by atoms with van der Waals surface area (Å²) >= 11 is 0. The van der Waals surface area contributed by atoms with Gasteiger partial charge in [0.1, 0.15) is 18.4 Å². The van der Waals surface area contributed by atoms with E-state index in [0.717, 1.165) is 5.56 Å². The maximum Gasteiger partial charge on any atom is 0.321 e. The van der Waals surface area contributed by atoms with E-state index in [0.29, 0.717) is 104 Å². The third kappa shape index (κ3) is 18.0. The second-order valence-electron chi connectivity index (χ2n) is 11.6. The highest BCUT2D eigenvalue weighted by atomic mass is 16.6. The molecule has 16 heteroatoms. The smallest absolute Gasteiger partial charge is 0.321 e. The molecule has 1 saturated heterocycles. The highest BCUT2D eigenvalue weighted by molar-refractivity contribution is 5.74. The van der Waals surface area contributed by atoms with Crippen molar-refractivity contribution < 1.29 is 57.4 Å². The first kappa shape index (κ1) is 42.8. The van der Waals surface area contributed by atoms with Gasteiger partial charge in [0.2, 0.25) is 0 Å². The molecule has 0 saturated carbocycles. The summed E-state index contributed by atoms with van der Waals surface area (Å²) in [5, 5.41) is 10.4. The summed E-state index contributed by atoms with van der Waals surface area (Å²) in [7, 11) is 3.96. The molecule has 1 aromatic rings. The van der Waals surface area contributed by atoms with E-state index < -0.39 is 29.9 Å². The number of hydrogen-bond acceptors (Lipinski definition) is 15. The molecule has 1 aliphatic heterocycles. The van der Waals surface area contributed by atoms with Gasteiger partial charge in [-0.3, -0.25) is 38.8 Å². The van der Waals surface area contributed by atoms with E-state index in [1.165, 1.54) is 21.3 Å². The standard InChI is InChI=1S/C34H56N4O12/c1-5-47-18-19-48-20-21-49-22-23-50-29-8-6-28(7-9-29)24-30(34(42)43)38-16-14-36(26-32(40)45-3)12-10-35(25-31(39)44-2)11-13-37(15-17-38)27-33(41)46-4/h6-9,30H,5,10-27H2,1-4H3,(H,42,43)/t30-/m1/s1. The predicted molar refractivity (Wildman–Crippen MR) is 182 cm³/mol. The zero-order valence-electron chi connectivity index (χ0n) is 30.0. The van der Waals surface area contributed by atoms with E-state index in [1.807, 2.05) is 38.7 Å². The molecular formula is C34H56N4O12. The van der Waals surface area contributed by atoms with Gasteiger partial charge in [-0.1, -0.05) is 12.1 Å². The fraction of sp³-hybridized carbons (Fsp3) is 0.706. The minimum Gasteiger partial charge on any atom is -0.491 e. The number of aliphatic carboxylic acids is 1. The van der Waals surface area contributed by atoms with Gasteiger partial charge in [-0.15, -0.1) is 0 Å². The molecule has 2 rings (SSSR count). The third-order valence-corrected chi connectivity index (χ3v) is 8.14. The summed E-state index contributed by atoms with van der Waals surface area (Å²) in [4.78, 5) is 56.9. The molecule has 0 amide bonds. The van der Waals surface area contributed by atoms with Gasteiger partial charge < -0.3 is 38.3 Å². The minimum atomic E-state index is -0.986. The Labute approximate surface area is 295 Å². The lowest BCUT2D eigenvalue weighted by Crippen LogP contribution is -2.52. The lowest BCUT2D eigenvalue weighted by Gasteiger charge is -2.35. The monoisotopic (exact) mass is 712 g/mol. The molecule has 0 radical (unpaired) electrons. The molecule has 0 bridgehead atoms. The Morgan fingerprint density at radius 3 is 1.42 bits per heavy atom. The maximum atomic E-state index is 12.7. The first-order valence-corrected chi connectivity index (χ1v) is 17.0. The number of methoxy groups -OCH3 is 3. The number of carboxylic acids is 1. The quantitative estimate of drug-likeness (QED) is 0.102. The summed E-state index contributed by atoms with van der Waals surface area (Å²) in [6.07, 6.45) is 0.225. The fourth-order valence-electron chi connectivity index (χ4n) is 5.20.